The van der Waals surface area contributed by atoms with Gasteiger partial charge in [0.15, 0.2) is 11.6 Å². The normalized spacial score (nSPS) is 16.7. The smallest absolute Gasteiger partial charge is 0.428 e. The van der Waals surface area contributed by atoms with Gasteiger partial charge in [-0.3, -0.25) is 0 Å². The summed E-state index contributed by atoms with van der Waals surface area (Å²) in [6.45, 7) is 2.87. The second kappa shape index (κ2) is 10.5. The lowest BCUT2D eigenvalue weighted by Crippen LogP contribution is -2.40. The largest absolute Gasteiger partial charge is 0.485 e. The van der Waals surface area contributed by atoms with Crippen LogP contribution in [0.2, 0.25) is 0 Å². The minimum Gasteiger partial charge on any atom is -0.485 e. The summed E-state index contributed by atoms with van der Waals surface area (Å²) in [7, 11) is 2.13. The molecule has 1 aliphatic heterocycles. The summed E-state index contributed by atoms with van der Waals surface area (Å²) in [5.41, 5.74) is 4.79. The lowest BCUT2D eigenvalue weighted by Gasteiger charge is -2.27. The van der Waals surface area contributed by atoms with E-state index in [9.17, 15) is 18.3 Å². The number of halogens is 3. The molecule has 1 aromatic carbocycles. The van der Waals surface area contributed by atoms with Gasteiger partial charge < -0.3 is 20.5 Å². The monoisotopic (exact) mass is 516 g/mol. The van der Waals surface area contributed by atoms with Crippen molar-refractivity contribution in [3.63, 3.8) is 0 Å². The Morgan fingerprint density at radius 1 is 1.19 bits per heavy atom. The minimum absolute atomic E-state index is 0.115. The molecule has 3 aromatic rings. The minimum atomic E-state index is -4.85. The molecule has 0 amide bonds. The number of nitrogens with two attached hydrogens (primary N) is 1. The molecule has 190 valence electrons. The highest BCUT2D eigenvalue weighted by atomic mass is 32.1. The molecule has 4 rings (SSSR count). The highest BCUT2D eigenvalue weighted by molar-refractivity contribution is 7.15. The van der Waals surface area contributed by atoms with Gasteiger partial charge in [-0.1, -0.05) is 24.0 Å². The maximum Gasteiger partial charge on any atom is 0.428 e. The van der Waals surface area contributed by atoms with Gasteiger partial charge in [0.05, 0.1) is 9.88 Å². The van der Waals surface area contributed by atoms with Crippen LogP contribution in [0.3, 0.4) is 0 Å². The molecule has 0 radical (unpaired) electrons. The number of ether oxygens (including phenoxy) is 1. The van der Waals surface area contributed by atoms with Gasteiger partial charge in [0, 0.05) is 29.4 Å². The Morgan fingerprint density at radius 3 is 2.67 bits per heavy atom. The first kappa shape index (κ1) is 25.9. The summed E-state index contributed by atoms with van der Waals surface area (Å²) in [5.74, 6) is 5.36. The summed E-state index contributed by atoms with van der Waals surface area (Å²) in [5, 5.41) is 10.6. The fourth-order valence-corrected chi connectivity index (χ4v) is 4.80. The third kappa shape index (κ3) is 6.16. The van der Waals surface area contributed by atoms with Crippen LogP contribution in [0.15, 0.2) is 42.7 Å². The van der Waals surface area contributed by atoms with Crippen LogP contribution < -0.4 is 10.5 Å². The zero-order valence-electron chi connectivity index (χ0n) is 20.0. The lowest BCUT2D eigenvalue weighted by molar-refractivity contribution is -0.228. The highest BCUT2D eigenvalue weighted by Crippen LogP contribution is 2.36. The molecule has 0 saturated carbocycles. The fraction of sp³-hybridized carbons (Fsp3) is 0.385. The van der Waals surface area contributed by atoms with Crippen LogP contribution in [0.1, 0.15) is 41.8 Å². The summed E-state index contributed by atoms with van der Waals surface area (Å²) in [4.78, 5) is 12.2. The Bertz CT molecular complexity index is 1270. The Hall–Kier alpha value is -3.13. The number of aliphatic hydroxyl groups is 1. The van der Waals surface area contributed by atoms with Gasteiger partial charge in [0.2, 0.25) is 5.60 Å². The highest BCUT2D eigenvalue weighted by Gasteiger charge is 2.48. The third-order valence-electron chi connectivity index (χ3n) is 6.08. The van der Waals surface area contributed by atoms with E-state index in [2.05, 4.69) is 27.8 Å². The van der Waals surface area contributed by atoms with Crippen molar-refractivity contribution in [2.75, 3.05) is 25.9 Å². The number of aromatic nitrogens is 2. The number of nitrogens with zero attached hydrogens (tertiary/aromatic N) is 3. The topological polar surface area (TPSA) is 84.5 Å². The van der Waals surface area contributed by atoms with Gasteiger partial charge in [-0.15, -0.1) is 11.3 Å². The van der Waals surface area contributed by atoms with E-state index in [0.29, 0.717) is 29.7 Å². The predicted octanol–water partition coefficient (Wildman–Crippen LogP) is 4.84. The number of nitrogen functional groups attached to an aromatic ring is 1. The summed E-state index contributed by atoms with van der Waals surface area (Å²) in [6, 6.07) is 8.40. The Labute approximate surface area is 212 Å². The Morgan fingerprint density at radius 2 is 1.94 bits per heavy atom. The molecule has 3 heterocycles. The molecule has 36 heavy (non-hydrogen) atoms. The van der Waals surface area contributed by atoms with E-state index in [1.165, 1.54) is 0 Å². The van der Waals surface area contributed by atoms with Crippen LogP contribution in [0, 0.1) is 11.8 Å². The van der Waals surface area contributed by atoms with Crippen molar-refractivity contribution in [3.8, 4) is 28.0 Å². The number of alkyl halides is 3. The van der Waals surface area contributed by atoms with Gasteiger partial charge in [0.25, 0.3) is 0 Å². The predicted molar refractivity (Wildman–Crippen MR) is 134 cm³/mol. The zero-order chi connectivity index (χ0) is 25.9. The molecular weight excluding hydrogens is 489 g/mol. The average Bonchev–Trinajstić information content (AvgIpc) is 3.33. The SMILES string of the molecule is CN1CCC(c2ncc(-c3cnc(N)c(OCc4cccc(C#CC(C)(O)C(F)(F)F)c4)c3)s2)CC1. The third-order valence-corrected chi connectivity index (χ3v) is 7.29. The average molecular weight is 517 g/mol. The first-order chi connectivity index (χ1) is 17.0. The first-order valence-electron chi connectivity index (χ1n) is 11.5. The molecule has 0 spiro atoms. The maximum absolute atomic E-state index is 12.8. The van der Waals surface area contributed by atoms with Crippen LogP contribution >= 0.6 is 11.3 Å². The van der Waals surface area contributed by atoms with E-state index < -0.39 is 11.8 Å². The number of anilines is 1. The van der Waals surface area contributed by atoms with Gasteiger partial charge in [-0.2, -0.15) is 13.2 Å². The number of pyridine rings is 1. The molecule has 10 heteroatoms. The van der Waals surface area contributed by atoms with Gasteiger partial charge >= 0.3 is 6.18 Å². The Balaban J connectivity index is 1.45. The van der Waals surface area contributed by atoms with Gasteiger partial charge in [-0.05, 0) is 63.7 Å². The van der Waals surface area contributed by atoms with Gasteiger partial charge in [0.1, 0.15) is 6.61 Å². The first-order valence-corrected chi connectivity index (χ1v) is 12.3. The molecule has 1 atom stereocenters. The molecule has 1 aliphatic rings. The molecule has 3 N–H and O–H groups in total. The van der Waals surface area contributed by atoms with Crippen molar-refractivity contribution in [2.45, 2.75) is 44.1 Å². The van der Waals surface area contributed by atoms with Crippen molar-refractivity contribution in [3.05, 3.63) is 58.9 Å². The van der Waals surface area contributed by atoms with Crippen LogP contribution in [-0.2, 0) is 6.61 Å². The zero-order valence-corrected chi connectivity index (χ0v) is 20.8. The van der Waals surface area contributed by atoms with Gasteiger partial charge in [-0.25, -0.2) is 9.97 Å². The number of piperidine rings is 1. The van der Waals surface area contributed by atoms with Crippen LogP contribution in [0.5, 0.6) is 5.75 Å². The van der Waals surface area contributed by atoms with Crippen LogP contribution in [-0.4, -0.2) is 51.9 Å². The quantitative estimate of drug-likeness (QED) is 0.472. The lowest BCUT2D eigenvalue weighted by atomic mass is 9.98. The van der Waals surface area contributed by atoms with Crippen molar-refractivity contribution in [2.24, 2.45) is 0 Å². The summed E-state index contributed by atoms with van der Waals surface area (Å²) >= 11 is 1.65. The van der Waals surface area contributed by atoms with E-state index in [-0.39, 0.29) is 12.4 Å². The molecule has 0 bridgehead atoms. The molecule has 2 aromatic heterocycles. The number of hydrogen-bond donors (Lipinski definition) is 2. The standard InChI is InChI=1S/C26H27F3N4O2S/c1-25(34,26(27,28)29)9-6-17-4-3-5-18(12-17)16-35-21-13-20(14-31-23(21)30)22-15-32-24(36-22)19-7-10-33(2)11-8-19/h3-5,12-15,19,34H,7-8,10-11,16H2,1-2H3,(H2,30,31). The number of rotatable bonds is 5. The molecule has 6 nitrogen and oxygen atoms in total. The molecule has 0 aliphatic carbocycles. The summed E-state index contributed by atoms with van der Waals surface area (Å²) < 4.78 is 44.4. The van der Waals surface area contributed by atoms with E-state index in [4.69, 9.17) is 10.5 Å². The second-order valence-electron chi connectivity index (χ2n) is 9.06. The van der Waals surface area contributed by atoms with E-state index >= 15 is 0 Å². The van der Waals surface area contributed by atoms with E-state index in [1.807, 2.05) is 18.2 Å². The van der Waals surface area contributed by atoms with Crippen molar-refractivity contribution >= 4 is 17.2 Å². The van der Waals surface area contributed by atoms with Crippen molar-refractivity contribution < 1.29 is 23.0 Å². The molecule has 1 fully saturated rings. The molecular formula is C26H27F3N4O2S. The van der Waals surface area contributed by atoms with Crippen molar-refractivity contribution in [1.82, 2.24) is 14.9 Å². The molecule has 1 unspecified atom stereocenters. The fourth-order valence-electron chi connectivity index (χ4n) is 3.74. The van der Waals surface area contributed by atoms with E-state index in [0.717, 1.165) is 41.4 Å². The number of thiazole rings is 1. The maximum atomic E-state index is 12.8. The van der Waals surface area contributed by atoms with Crippen LogP contribution in [0.25, 0.3) is 10.4 Å². The Kier molecular flexibility index (Phi) is 7.54. The summed E-state index contributed by atoms with van der Waals surface area (Å²) in [6.07, 6.45) is 0.885. The number of likely N-dealkylation sites (tertiary alicyclic amines) is 1. The second-order valence-corrected chi connectivity index (χ2v) is 10.1. The van der Waals surface area contributed by atoms with Crippen LogP contribution in [0.4, 0.5) is 19.0 Å². The molecule has 1 saturated heterocycles. The van der Waals surface area contributed by atoms with Crippen molar-refractivity contribution in [1.29, 1.82) is 0 Å². The number of hydrogen-bond acceptors (Lipinski definition) is 7. The number of benzene rings is 1. The van der Waals surface area contributed by atoms with E-state index in [1.54, 1.807) is 41.8 Å².